The highest BCUT2D eigenvalue weighted by Crippen LogP contribution is 2.31. The molecule has 2 aromatic carbocycles. The molecule has 5 nitrogen and oxygen atoms in total. The van der Waals surface area contributed by atoms with Gasteiger partial charge in [-0.1, -0.05) is 30.3 Å². The molecular weight excluding hydrogens is 408 g/mol. The molecule has 1 fully saturated rings. The van der Waals surface area contributed by atoms with Crippen molar-refractivity contribution >= 4 is 23.2 Å². The van der Waals surface area contributed by atoms with Gasteiger partial charge in [0, 0.05) is 44.7 Å². The second kappa shape index (κ2) is 8.65. The van der Waals surface area contributed by atoms with Crippen LogP contribution in [0, 0.1) is 0 Å². The van der Waals surface area contributed by atoms with Gasteiger partial charge < -0.3 is 9.64 Å². The lowest BCUT2D eigenvalue weighted by molar-refractivity contribution is 0.0252. The Balaban J connectivity index is 1.27. The predicted octanol–water partition coefficient (Wildman–Crippen LogP) is 4.16. The molecule has 31 heavy (non-hydrogen) atoms. The fraction of sp³-hybridized carbons (Fsp3) is 0.280. The maximum absolute atomic E-state index is 13.1. The molecule has 2 aliphatic rings. The molecule has 1 aromatic heterocycles. The minimum absolute atomic E-state index is 0.0354. The van der Waals surface area contributed by atoms with E-state index < -0.39 is 0 Å². The van der Waals surface area contributed by atoms with Gasteiger partial charge in [-0.2, -0.15) is 11.3 Å². The van der Waals surface area contributed by atoms with Crippen molar-refractivity contribution in [3.05, 3.63) is 93.2 Å². The minimum atomic E-state index is -0.323. The normalized spacial score (nSPS) is 19.0. The van der Waals surface area contributed by atoms with Crippen molar-refractivity contribution in [3.8, 4) is 0 Å². The topological polar surface area (TPSA) is 49.9 Å². The van der Waals surface area contributed by atoms with Gasteiger partial charge in [-0.25, -0.2) is 4.79 Å². The third-order valence-electron chi connectivity index (χ3n) is 6.04. The summed E-state index contributed by atoms with van der Waals surface area (Å²) in [5.41, 5.74) is 4.39. The lowest BCUT2D eigenvalue weighted by Gasteiger charge is -2.35. The van der Waals surface area contributed by atoms with Gasteiger partial charge in [-0.05, 0) is 51.7 Å². The Kier molecular flexibility index (Phi) is 5.57. The zero-order valence-electron chi connectivity index (χ0n) is 17.2. The first-order valence-corrected chi connectivity index (χ1v) is 11.5. The Morgan fingerprint density at radius 3 is 2.58 bits per heavy atom. The predicted molar refractivity (Wildman–Crippen MR) is 120 cm³/mol. The number of rotatable bonds is 4. The summed E-state index contributed by atoms with van der Waals surface area (Å²) in [6, 6.07) is 17.3. The van der Waals surface area contributed by atoms with Crippen LogP contribution in [-0.4, -0.2) is 47.9 Å². The van der Waals surface area contributed by atoms with E-state index >= 15 is 0 Å². The third-order valence-corrected chi connectivity index (χ3v) is 6.78. The van der Waals surface area contributed by atoms with Crippen molar-refractivity contribution in [2.75, 3.05) is 26.2 Å². The summed E-state index contributed by atoms with van der Waals surface area (Å²) in [7, 11) is 0. The van der Waals surface area contributed by atoms with E-state index in [0.29, 0.717) is 17.5 Å². The number of nitrogens with zero attached hydrogens (tertiary/aromatic N) is 2. The Hall–Kier alpha value is -2.96. The van der Waals surface area contributed by atoms with Crippen molar-refractivity contribution in [3.63, 3.8) is 0 Å². The molecule has 0 N–H and O–H groups in total. The molecule has 1 saturated heterocycles. The molecule has 0 spiro atoms. The lowest BCUT2D eigenvalue weighted by atomic mass is 9.93. The highest BCUT2D eigenvalue weighted by Gasteiger charge is 2.29. The van der Waals surface area contributed by atoms with Crippen LogP contribution in [0.5, 0.6) is 0 Å². The van der Waals surface area contributed by atoms with E-state index in [1.807, 2.05) is 41.3 Å². The summed E-state index contributed by atoms with van der Waals surface area (Å²) in [6.45, 7) is 4.11. The first kappa shape index (κ1) is 20.0. The van der Waals surface area contributed by atoms with Crippen molar-refractivity contribution in [1.82, 2.24) is 9.80 Å². The largest absolute Gasteiger partial charge is 0.454 e. The summed E-state index contributed by atoms with van der Waals surface area (Å²) in [5, 5.41) is 4.28. The van der Waals surface area contributed by atoms with Crippen LogP contribution in [0.1, 0.15) is 43.5 Å². The maximum atomic E-state index is 13.1. The molecule has 1 atom stereocenters. The number of carbonyl (C=O) groups is 2. The standard InChI is InChI=1S/C25H24N2O3S/c28-24(27-11-9-26(10-12-27)16-18-8-13-31-17-18)20-6-7-22-21(14-20)15-23(30-25(22)29)19-4-2-1-3-5-19/h1-8,13-14,17,23H,9-12,15-16H2/t23-/m0/s1. The van der Waals surface area contributed by atoms with Gasteiger partial charge in [-0.3, -0.25) is 9.69 Å². The number of thiophene rings is 1. The van der Waals surface area contributed by atoms with Gasteiger partial charge in [0.2, 0.25) is 0 Å². The number of hydrogen-bond acceptors (Lipinski definition) is 5. The lowest BCUT2D eigenvalue weighted by Crippen LogP contribution is -2.48. The van der Waals surface area contributed by atoms with Crippen LogP contribution in [0.4, 0.5) is 0 Å². The molecular formula is C25H24N2O3S. The van der Waals surface area contributed by atoms with E-state index in [1.165, 1.54) is 5.56 Å². The van der Waals surface area contributed by atoms with Crippen LogP contribution in [0.3, 0.4) is 0 Å². The van der Waals surface area contributed by atoms with Crippen molar-refractivity contribution < 1.29 is 14.3 Å². The Labute approximate surface area is 185 Å². The van der Waals surface area contributed by atoms with Crippen LogP contribution >= 0.6 is 11.3 Å². The summed E-state index contributed by atoms with van der Waals surface area (Å²) in [5.74, 6) is -0.288. The Morgan fingerprint density at radius 1 is 1.03 bits per heavy atom. The average Bonchev–Trinajstić information content (AvgIpc) is 3.32. The fourth-order valence-electron chi connectivity index (χ4n) is 4.31. The van der Waals surface area contributed by atoms with E-state index in [1.54, 1.807) is 23.5 Å². The fourth-order valence-corrected chi connectivity index (χ4v) is 4.97. The molecule has 2 aliphatic heterocycles. The monoisotopic (exact) mass is 432 g/mol. The highest BCUT2D eigenvalue weighted by atomic mass is 32.1. The van der Waals surface area contributed by atoms with Crippen molar-refractivity contribution in [1.29, 1.82) is 0 Å². The SMILES string of the molecule is O=C1O[C@H](c2ccccc2)Cc2cc(C(=O)N3CCN(Cc4ccsc4)CC3)ccc21. The highest BCUT2D eigenvalue weighted by molar-refractivity contribution is 7.07. The van der Waals surface area contributed by atoms with Crippen LogP contribution in [0.25, 0.3) is 0 Å². The molecule has 0 saturated carbocycles. The first-order valence-electron chi connectivity index (χ1n) is 10.6. The van der Waals surface area contributed by atoms with E-state index in [-0.39, 0.29) is 18.0 Å². The Bertz CT molecular complexity index is 1070. The van der Waals surface area contributed by atoms with E-state index in [0.717, 1.165) is 43.9 Å². The number of benzene rings is 2. The number of amides is 1. The molecule has 0 bridgehead atoms. The van der Waals surface area contributed by atoms with Gasteiger partial charge in [0.1, 0.15) is 6.10 Å². The number of carbonyl (C=O) groups excluding carboxylic acids is 2. The smallest absolute Gasteiger partial charge is 0.339 e. The van der Waals surface area contributed by atoms with Gasteiger partial charge >= 0.3 is 5.97 Å². The van der Waals surface area contributed by atoms with E-state index in [9.17, 15) is 9.59 Å². The van der Waals surface area contributed by atoms with Crippen LogP contribution in [0.15, 0.2) is 65.4 Å². The van der Waals surface area contributed by atoms with Crippen molar-refractivity contribution in [2.45, 2.75) is 19.1 Å². The summed E-state index contributed by atoms with van der Waals surface area (Å²) in [6.07, 6.45) is 0.271. The van der Waals surface area contributed by atoms with Crippen LogP contribution in [-0.2, 0) is 17.7 Å². The molecule has 0 radical (unpaired) electrons. The number of hydrogen-bond donors (Lipinski definition) is 0. The van der Waals surface area contributed by atoms with Gasteiger partial charge in [-0.15, -0.1) is 0 Å². The quantitative estimate of drug-likeness (QED) is 0.581. The van der Waals surface area contributed by atoms with E-state index in [2.05, 4.69) is 21.7 Å². The Morgan fingerprint density at radius 2 is 1.84 bits per heavy atom. The molecule has 5 rings (SSSR count). The van der Waals surface area contributed by atoms with Crippen LogP contribution < -0.4 is 0 Å². The summed E-state index contributed by atoms with van der Waals surface area (Å²) >= 11 is 1.72. The third kappa shape index (κ3) is 4.27. The molecule has 158 valence electrons. The summed E-state index contributed by atoms with van der Waals surface area (Å²) in [4.78, 5) is 29.9. The number of ether oxygens (including phenoxy) is 1. The average molecular weight is 433 g/mol. The van der Waals surface area contributed by atoms with Crippen molar-refractivity contribution in [2.24, 2.45) is 0 Å². The van der Waals surface area contributed by atoms with Gasteiger partial charge in [0.05, 0.1) is 5.56 Å². The number of fused-ring (bicyclic) bond motifs is 1. The molecule has 1 amide bonds. The molecule has 3 heterocycles. The number of piperazine rings is 1. The van der Waals surface area contributed by atoms with Crippen LogP contribution in [0.2, 0.25) is 0 Å². The first-order chi connectivity index (χ1) is 15.2. The second-order valence-electron chi connectivity index (χ2n) is 8.08. The maximum Gasteiger partial charge on any atom is 0.339 e. The van der Waals surface area contributed by atoms with Gasteiger partial charge in [0.25, 0.3) is 5.91 Å². The molecule has 3 aromatic rings. The molecule has 0 unspecified atom stereocenters. The summed E-state index contributed by atoms with van der Waals surface area (Å²) < 4.78 is 5.63. The second-order valence-corrected chi connectivity index (χ2v) is 8.86. The zero-order chi connectivity index (χ0) is 21.2. The van der Waals surface area contributed by atoms with Gasteiger partial charge in [0.15, 0.2) is 0 Å². The number of cyclic esters (lactones) is 1. The zero-order valence-corrected chi connectivity index (χ0v) is 18.0. The minimum Gasteiger partial charge on any atom is -0.454 e. The number of esters is 1. The van der Waals surface area contributed by atoms with E-state index in [4.69, 9.17) is 4.74 Å². The molecule has 6 heteroatoms. The molecule has 0 aliphatic carbocycles.